The van der Waals surface area contributed by atoms with Crippen LogP contribution >= 0.6 is 23.2 Å². The molecule has 1 heterocycles. The molecule has 0 radical (unpaired) electrons. The normalized spacial score (nSPS) is 20.0. The van der Waals surface area contributed by atoms with Crippen molar-refractivity contribution in [3.63, 3.8) is 0 Å². The van der Waals surface area contributed by atoms with E-state index in [0.29, 0.717) is 22.7 Å². The molecule has 0 spiro atoms. The van der Waals surface area contributed by atoms with Crippen LogP contribution < -0.4 is 10.1 Å². The minimum atomic E-state index is -0.0329. The van der Waals surface area contributed by atoms with Gasteiger partial charge < -0.3 is 14.8 Å². The van der Waals surface area contributed by atoms with E-state index in [2.05, 4.69) is 25.7 Å². The summed E-state index contributed by atoms with van der Waals surface area (Å²) in [5.41, 5.74) is 1.00. The summed E-state index contributed by atoms with van der Waals surface area (Å²) in [6.45, 7) is 10.3. The first-order valence-corrected chi connectivity index (χ1v) is 8.95. The molecule has 0 bridgehead atoms. The van der Waals surface area contributed by atoms with Crippen LogP contribution in [0.25, 0.3) is 0 Å². The number of rotatable bonds is 8. The third kappa shape index (κ3) is 4.95. The SMILES string of the molecule is C=C(CC[C@@H](C)[C@H](C)C1Nc2ccc(Cl)cc2O1)O[C@H](C)CCl. The molecule has 0 fully saturated rings. The van der Waals surface area contributed by atoms with Crippen LogP contribution in [0.2, 0.25) is 5.02 Å². The summed E-state index contributed by atoms with van der Waals surface area (Å²) >= 11 is 11.8. The highest BCUT2D eigenvalue weighted by Crippen LogP contribution is 2.38. The first-order valence-electron chi connectivity index (χ1n) is 8.03. The summed E-state index contributed by atoms with van der Waals surface area (Å²) in [6.07, 6.45) is 1.80. The monoisotopic (exact) mass is 357 g/mol. The molecule has 0 saturated heterocycles. The van der Waals surface area contributed by atoms with E-state index in [0.717, 1.165) is 30.0 Å². The fourth-order valence-corrected chi connectivity index (χ4v) is 2.82. The number of allylic oxidation sites excluding steroid dienone is 1. The Morgan fingerprint density at radius 3 is 2.83 bits per heavy atom. The molecule has 1 aromatic carbocycles. The predicted octanol–water partition coefficient (Wildman–Crippen LogP) is 5.68. The number of alkyl halides is 1. The number of fused-ring (bicyclic) bond motifs is 1. The predicted molar refractivity (Wildman–Crippen MR) is 97.5 cm³/mol. The number of hydrogen-bond donors (Lipinski definition) is 1. The van der Waals surface area contributed by atoms with E-state index in [1.54, 1.807) is 0 Å². The average molecular weight is 358 g/mol. The van der Waals surface area contributed by atoms with Gasteiger partial charge in [-0.3, -0.25) is 0 Å². The van der Waals surface area contributed by atoms with Gasteiger partial charge in [-0.05, 0) is 31.4 Å². The zero-order chi connectivity index (χ0) is 17.0. The van der Waals surface area contributed by atoms with Gasteiger partial charge in [-0.15, -0.1) is 11.6 Å². The van der Waals surface area contributed by atoms with Crippen LogP contribution in [0.1, 0.15) is 33.6 Å². The Kier molecular flexibility index (Phi) is 6.49. The summed E-state index contributed by atoms with van der Waals surface area (Å²) in [5.74, 6) is 2.91. The minimum Gasteiger partial charge on any atom is -0.494 e. The molecule has 1 aliphatic rings. The number of ether oxygens (including phenoxy) is 2. The summed E-state index contributed by atoms with van der Waals surface area (Å²) in [5, 5.41) is 4.11. The zero-order valence-electron chi connectivity index (χ0n) is 13.9. The van der Waals surface area contributed by atoms with Crippen LogP contribution in [0.3, 0.4) is 0 Å². The van der Waals surface area contributed by atoms with Crippen LogP contribution in [-0.2, 0) is 4.74 Å². The molecule has 0 aromatic heterocycles. The second-order valence-electron chi connectivity index (χ2n) is 6.32. The van der Waals surface area contributed by atoms with Crippen molar-refractivity contribution in [2.24, 2.45) is 11.8 Å². The first-order chi connectivity index (χ1) is 10.9. The highest BCUT2D eigenvalue weighted by Gasteiger charge is 2.30. The Bertz CT molecular complexity index is 550. The van der Waals surface area contributed by atoms with Gasteiger partial charge >= 0.3 is 0 Å². The van der Waals surface area contributed by atoms with Gasteiger partial charge in [0.2, 0.25) is 0 Å². The summed E-state index contributed by atoms with van der Waals surface area (Å²) in [6, 6.07) is 5.68. The van der Waals surface area contributed by atoms with Crippen LogP contribution in [-0.4, -0.2) is 18.2 Å². The quantitative estimate of drug-likeness (QED) is 0.479. The Morgan fingerprint density at radius 1 is 1.39 bits per heavy atom. The van der Waals surface area contributed by atoms with Gasteiger partial charge in [0.05, 0.1) is 17.3 Å². The van der Waals surface area contributed by atoms with Gasteiger partial charge in [-0.1, -0.05) is 32.0 Å². The molecule has 0 aliphatic carbocycles. The lowest BCUT2D eigenvalue weighted by atomic mass is 9.90. The number of halogens is 2. The number of benzene rings is 1. The molecule has 1 unspecified atom stereocenters. The highest BCUT2D eigenvalue weighted by molar-refractivity contribution is 6.30. The van der Waals surface area contributed by atoms with E-state index in [1.807, 2.05) is 25.1 Å². The van der Waals surface area contributed by atoms with E-state index in [-0.39, 0.29) is 12.3 Å². The van der Waals surface area contributed by atoms with E-state index in [4.69, 9.17) is 32.7 Å². The smallest absolute Gasteiger partial charge is 0.172 e. The molecule has 0 saturated carbocycles. The Morgan fingerprint density at radius 2 is 2.13 bits per heavy atom. The average Bonchev–Trinajstić information content (AvgIpc) is 2.94. The molecule has 128 valence electrons. The molecule has 4 atom stereocenters. The molecule has 23 heavy (non-hydrogen) atoms. The summed E-state index contributed by atoms with van der Waals surface area (Å²) in [4.78, 5) is 0. The van der Waals surface area contributed by atoms with Gasteiger partial charge in [0.15, 0.2) is 6.23 Å². The standard InChI is InChI=1S/C18H25Cl2NO2/c1-11(5-6-12(2)22-13(3)10-19)14(4)18-21-16-8-7-15(20)9-17(16)23-18/h7-9,11,13-14,18,21H,2,5-6,10H2,1,3-4H3/t11-,13-,14+,18?/m1/s1. The fraction of sp³-hybridized carbons (Fsp3) is 0.556. The van der Waals surface area contributed by atoms with Crippen LogP contribution in [0.5, 0.6) is 5.75 Å². The van der Waals surface area contributed by atoms with Crippen molar-refractivity contribution in [1.29, 1.82) is 0 Å². The summed E-state index contributed by atoms with van der Waals surface area (Å²) < 4.78 is 11.6. The molecule has 1 N–H and O–H groups in total. The maximum atomic E-state index is 6.01. The molecule has 0 amide bonds. The minimum absolute atomic E-state index is 0.0102. The maximum Gasteiger partial charge on any atom is 0.172 e. The third-order valence-electron chi connectivity index (χ3n) is 4.33. The molecule has 2 rings (SSSR count). The molecular weight excluding hydrogens is 333 g/mol. The second-order valence-corrected chi connectivity index (χ2v) is 7.06. The number of hydrogen-bond acceptors (Lipinski definition) is 3. The lowest BCUT2D eigenvalue weighted by molar-refractivity contribution is 0.125. The van der Waals surface area contributed by atoms with E-state index >= 15 is 0 Å². The number of anilines is 1. The fourth-order valence-electron chi connectivity index (χ4n) is 2.60. The largest absolute Gasteiger partial charge is 0.494 e. The van der Waals surface area contributed by atoms with E-state index in [9.17, 15) is 0 Å². The van der Waals surface area contributed by atoms with Crippen molar-refractivity contribution in [3.8, 4) is 5.75 Å². The van der Waals surface area contributed by atoms with Crippen molar-refractivity contribution in [2.75, 3.05) is 11.2 Å². The molecular formula is C18H25Cl2NO2. The second kappa shape index (κ2) is 8.16. The zero-order valence-corrected chi connectivity index (χ0v) is 15.5. The highest BCUT2D eigenvalue weighted by atomic mass is 35.5. The third-order valence-corrected chi connectivity index (χ3v) is 5.00. The van der Waals surface area contributed by atoms with E-state index < -0.39 is 0 Å². The van der Waals surface area contributed by atoms with Crippen molar-refractivity contribution in [3.05, 3.63) is 35.6 Å². The topological polar surface area (TPSA) is 30.5 Å². The molecule has 1 aliphatic heterocycles. The van der Waals surface area contributed by atoms with Gasteiger partial charge in [0.1, 0.15) is 11.9 Å². The van der Waals surface area contributed by atoms with Crippen LogP contribution in [0.15, 0.2) is 30.5 Å². The van der Waals surface area contributed by atoms with Gasteiger partial charge in [0, 0.05) is 23.4 Å². The van der Waals surface area contributed by atoms with Crippen molar-refractivity contribution in [2.45, 2.75) is 45.9 Å². The van der Waals surface area contributed by atoms with Crippen molar-refractivity contribution in [1.82, 2.24) is 0 Å². The summed E-state index contributed by atoms with van der Waals surface area (Å²) in [7, 11) is 0. The first kappa shape index (κ1) is 18.3. The molecule has 5 heteroatoms. The van der Waals surface area contributed by atoms with Crippen molar-refractivity contribution >= 4 is 28.9 Å². The van der Waals surface area contributed by atoms with Gasteiger partial charge in [-0.2, -0.15) is 0 Å². The van der Waals surface area contributed by atoms with Crippen molar-refractivity contribution < 1.29 is 9.47 Å². The van der Waals surface area contributed by atoms with Gasteiger partial charge in [-0.25, -0.2) is 0 Å². The lowest BCUT2D eigenvalue weighted by Crippen LogP contribution is -2.32. The molecule has 1 aromatic rings. The molecule has 3 nitrogen and oxygen atoms in total. The van der Waals surface area contributed by atoms with Gasteiger partial charge in [0.25, 0.3) is 0 Å². The Balaban J connectivity index is 1.82. The lowest BCUT2D eigenvalue weighted by Gasteiger charge is -2.26. The van der Waals surface area contributed by atoms with Crippen LogP contribution in [0, 0.1) is 11.8 Å². The van der Waals surface area contributed by atoms with Crippen LogP contribution in [0.4, 0.5) is 5.69 Å². The Labute approximate surface area is 148 Å². The van der Waals surface area contributed by atoms with E-state index in [1.165, 1.54) is 0 Å². The number of nitrogens with one attached hydrogen (secondary N) is 1. The Hall–Kier alpha value is -1.06. The maximum absolute atomic E-state index is 6.01.